The molecule has 1 aliphatic heterocycles. The molecular formula is C17H19ClN2. The van der Waals surface area contributed by atoms with Crippen LogP contribution in [0.1, 0.15) is 30.1 Å². The molecule has 0 bridgehead atoms. The Labute approximate surface area is 126 Å². The maximum absolute atomic E-state index is 4.84. The van der Waals surface area contributed by atoms with Crippen LogP contribution in [0.15, 0.2) is 65.7 Å². The fraction of sp³-hybridized carbons (Fsp3) is 0.235. The van der Waals surface area contributed by atoms with Crippen molar-refractivity contribution in [3.05, 3.63) is 71.8 Å². The number of nitrogens with zero attached hydrogens (tertiary/aromatic N) is 2. The second-order valence-corrected chi connectivity index (χ2v) is 5.00. The van der Waals surface area contributed by atoms with E-state index in [1.807, 2.05) is 0 Å². The third-order valence-corrected chi connectivity index (χ3v) is 3.83. The number of likely N-dealkylation sites (N-methyl/N-ethyl adjacent to an activating group) is 1. The number of hydrogen-bond acceptors (Lipinski definition) is 2. The minimum absolute atomic E-state index is 0. The van der Waals surface area contributed by atoms with Crippen molar-refractivity contribution in [2.45, 2.75) is 19.0 Å². The Morgan fingerprint density at radius 3 is 1.90 bits per heavy atom. The highest BCUT2D eigenvalue weighted by molar-refractivity contribution is 5.85. The van der Waals surface area contributed by atoms with Gasteiger partial charge in [0.15, 0.2) is 0 Å². The molecule has 2 unspecified atom stereocenters. The van der Waals surface area contributed by atoms with Gasteiger partial charge in [0.1, 0.15) is 6.04 Å². The largest absolute Gasteiger partial charge is 0.354 e. The molecule has 0 aliphatic carbocycles. The molecule has 3 heteroatoms. The Morgan fingerprint density at radius 1 is 0.850 bits per heavy atom. The molecular weight excluding hydrogens is 268 g/mol. The standard InChI is InChI=1S/C17H18N2.ClH/c1-13-18-16(14-9-5-3-6-10-14)17(19(13)2)15-11-7-4-8-12-15;/h3-12,16-17H,1-2H3;1H. The normalized spacial score (nSPS) is 21.3. The topological polar surface area (TPSA) is 15.6 Å². The van der Waals surface area contributed by atoms with Crippen LogP contribution in [-0.4, -0.2) is 17.8 Å². The van der Waals surface area contributed by atoms with Gasteiger partial charge < -0.3 is 4.90 Å². The van der Waals surface area contributed by atoms with Gasteiger partial charge in [-0.05, 0) is 18.1 Å². The monoisotopic (exact) mass is 286 g/mol. The summed E-state index contributed by atoms with van der Waals surface area (Å²) >= 11 is 0. The molecule has 1 aliphatic rings. The molecule has 2 aromatic carbocycles. The quantitative estimate of drug-likeness (QED) is 0.806. The first-order chi connectivity index (χ1) is 9.27. The van der Waals surface area contributed by atoms with E-state index in [0.717, 1.165) is 5.84 Å². The van der Waals surface area contributed by atoms with E-state index in [4.69, 9.17) is 4.99 Å². The minimum atomic E-state index is 0. The molecule has 1 heterocycles. The van der Waals surface area contributed by atoms with E-state index in [0.29, 0.717) is 6.04 Å². The molecule has 2 aromatic rings. The predicted octanol–water partition coefficient (Wildman–Crippen LogP) is 4.25. The minimum Gasteiger partial charge on any atom is -0.354 e. The molecule has 0 amide bonds. The molecule has 0 saturated carbocycles. The Morgan fingerprint density at radius 2 is 1.35 bits per heavy atom. The van der Waals surface area contributed by atoms with E-state index >= 15 is 0 Å². The number of benzene rings is 2. The van der Waals surface area contributed by atoms with Crippen molar-refractivity contribution < 1.29 is 0 Å². The molecule has 20 heavy (non-hydrogen) atoms. The average molecular weight is 287 g/mol. The summed E-state index contributed by atoms with van der Waals surface area (Å²) in [7, 11) is 2.12. The zero-order chi connectivity index (χ0) is 13.2. The third kappa shape index (κ3) is 2.56. The van der Waals surface area contributed by atoms with E-state index in [-0.39, 0.29) is 18.4 Å². The van der Waals surface area contributed by atoms with Crippen molar-refractivity contribution in [3.63, 3.8) is 0 Å². The van der Waals surface area contributed by atoms with Crippen molar-refractivity contribution >= 4 is 18.2 Å². The highest BCUT2D eigenvalue weighted by Crippen LogP contribution is 2.40. The van der Waals surface area contributed by atoms with E-state index in [1.54, 1.807) is 0 Å². The number of aliphatic imine (C=N–C) groups is 1. The van der Waals surface area contributed by atoms with Gasteiger partial charge in [0, 0.05) is 7.05 Å². The SMILES string of the molecule is CC1=NC(c2ccccc2)C(c2ccccc2)N1C.Cl. The predicted molar refractivity (Wildman–Crippen MR) is 86.5 cm³/mol. The van der Waals surface area contributed by atoms with Gasteiger partial charge in [-0.1, -0.05) is 60.7 Å². The average Bonchev–Trinajstić information content (AvgIpc) is 2.77. The van der Waals surface area contributed by atoms with Crippen molar-refractivity contribution in [2.24, 2.45) is 4.99 Å². The van der Waals surface area contributed by atoms with Gasteiger partial charge >= 0.3 is 0 Å². The first kappa shape index (κ1) is 14.6. The maximum Gasteiger partial charge on any atom is 0.101 e. The van der Waals surface area contributed by atoms with E-state index < -0.39 is 0 Å². The van der Waals surface area contributed by atoms with Crippen molar-refractivity contribution in [1.82, 2.24) is 4.90 Å². The fourth-order valence-corrected chi connectivity index (χ4v) is 2.74. The second kappa shape index (κ2) is 6.10. The van der Waals surface area contributed by atoms with Crippen LogP contribution in [0.2, 0.25) is 0 Å². The summed E-state index contributed by atoms with van der Waals surface area (Å²) in [6, 6.07) is 21.7. The molecule has 0 radical (unpaired) electrons. The van der Waals surface area contributed by atoms with Crippen molar-refractivity contribution in [3.8, 4) is 0 Å². The molecule has 3 rings (SSSR count). The molecule has 104 valence electrons. The Hall–Kier alpha value is -1.80. The zero-order valence-electron chi connectivity index (χ0n) is 11.7. The zero-order valence-corrected chi connectivity index (χ0v) is 12.5. The third-order valence-electron chi connectivity index (χ3n) is 3.83. The summed E-state index contributed by atoms with van der Waals surface area (Å²) in [6.45, 7) is 2.08. The summed E-state index contributed by atoms with van der Waals surface area (Å²) in [5.41, 5.74) is 2.60. The number of amidine groups is 1. The lowest BCUT2D eigenvalue weighted by atomic mass is 9.94. The summed E-state index contributed by atoms with van der Waals surface area (Å²) in [4.78, 5) is 7.11. The lowest BCUT2D eigenvalue weighted by Gasteiger charge is -2.26. The first-order valence-corrected chi connectivity index (χ1v) is 6.64. The summed E-state index contributed by atoms with van der Waals surface area (Å²) in [5, 5.41) is 0. The van der Waals surface area contributed by atoms with E-state index in [9.17, 15) is 0 Å². The van der Waals surface area contributed by atoms with Crippen LogP contribution in [-0.2, 0) is 0 Å². The maximum atomic E-state index is 4.84. The van der Waals surface area contributed by atoms with Crippen LogP contribution in [0.4, 0.5) is 0 Å². The molecule has 2 nitrogen and oxygen atoms in total. The van der Waals surface area contributed by atoms with Crippen LogP contribution in [0.25, 0.3) is 0 Å². The highest BCUT2D eigenvalue weighted by atomic mass is 35.5. The van der Waals surface area contributed by atoms with Gasteiger partial charge in [0.05, 0.1) is 11.9 Å². The fourth-order valence-electron chi connectivity index (χ4n) is 2.74. The van der Waals surface area contributed by atoms with Crippen LogP contribution in [0.3, 0.4) is 0 Å². The molecule has 0 N–H and O–H groups in total. The van der Waals surface area contributed by atoms with Crippen LogP contribution >= 0.6 is 12.4 Å². The molecule has 0 fully saturated rings. The van der Waals surface area contributed by atoms with E-state index in [1.165, 1.54) is 11.1 Å². The summed E-state index contributed by atoms with van der Waals surface area (Å²) in [5.74, 6) is 1.10. The van der Waals surface area contributed by atoms with Gasteiger partial charge in [0.2, 0.25) is 0 Å². The van der Waals surface area contributed by atoms with Crippen molar-refractivity contribution in [2.75, 3.05) is 7.05 Å². The van der Waals surface area contributed by atoms with Gasteiger partial charge in [0.25, 0.3) is 0 Å². The van der Waals surface area contributed by atoms with Crippen LogP contribution < -0.4 is 0 Å². The lowest BCUT2D eigenvalue weighted by Crippen LogP contribution is -2.25. The Kier molecular flexibility index (Phi) is 4.46. The van der Waals surface area contributed by atoms with Crippen LogP contribution in [0, 0.1) is 0 Å². The Bertz CT molecular complexity index is 580. The number of halogens is 1. The van der Waals surface area contributed by atoms with Gasteiger partial charge in [-0.15, -0.1) is 12.4 Å². The van der Waals surface area contributed by atoms with Crippen LogP contribution in [0.5, 0.6) is 0 Å². The molecule has 0 saturated heterocycles. The van der Waals surface area contributed by atoms with E-state index in [2.05, 4.69) is 79.5 Å². The second-order valence-electron chi connectivity index (χ2n) is 5.00. The summed E-state index contributed by atoms with van der Waals surface area (Å²) < 4.78 is 0. The Balaban J connectivity index is 0.00000147. The lowest BCUT2D eigenvalue weighted by molar-refractivity contribution is 0.363. The smallest absolute Gasteiger partial charge is 0.101 e. The number of hydrogen-bond donors (Lipinski definition) is 0. The molecule has 0 spiro atoms. The first-order valence-electron chi connectivity index (χ1n) is 6.64. The van der Waals surface area contributed by atoms with Gasteiger partial charge in [-0.25, -0.2) is 0 Å². The number of rotatable bonds is 2. The van der Waals surface area contributed by atoms with Gasteiger partial charge in [-0.3, -0.25) is 4.99 Å². The molecule has 0 aromatic heterocycles. The summed E-state index contributed by atoms with van der Waals surface area (Å²) in [6.07, 6.45) is 0. The van der Waals surface area contributed by atoms with Gasteiger partial charge in [-0.2, -0.15) is 0 Å². The van der Waals surface area contributed by atoms with Crippen molar-refractivity contribution in [1.29, 1.82) is 0 Å². The highest BCUT2D eigenvalue weighted by Gasteiger charge is 2.33. The molecule has 2 atom stereocenters.